The number of rotatable bonds is 7. The maximum absolute atomic E-state index is 12.8. The Balaban J connectivity index is 1.73. The predicted molar refractivity (Wildman–Crippen MR) is 106 cm³/mol. The van der Waals surface area contributed by atoms with E-state index >= 15 is 0 Å². The van der Waals surface area contributed by atoms with Crippen LogP contribution in [0.15, 0.2) is 46.0 Å². The Labute approximate surface area is 167 Å². The molecule has 3 N–H and O–H groups in total. The van der Waals surface area contributed by atoms with Crippen molar-refractivity contribution < 1.29 is 23.1 Å². The van der Waals surface area contributed by atoms with Crippen LogP contribution in [-0.2, 0) is 14.8 Å². The summed E-state index contributed by atoms with van der Waals surface area (Å²) in [6.07, 6.45) is 1.04. The molecule has 1 fully saturated rings. The molecule has 0 bridgehead atoms. The third kappa shape index (κ3) is 4.41. The average molecular weight is 424 g/mol. The number of carbonyl (C=O) groups is 2. The number of thiophene rings is 1. The zero-order valence-electron chi connectivity index (χ0n) is 15.0. The SMILES string of the molecule is O=C(NCCO)c1cccc(NC(=O)[C@@H]2CCCN2S(=O)(=O)c2cccs2)c1. The van der Waals surface area contributed by atoms with Gasteiger partial charge in [0.15, 0.2) is 0 Å². The monoisotopic (exact) mass is 423 g/mol. The molecule has 1 atom stereocenters. The van der Waals surface area contributed by atoms with Gasteiger partial charge in [-0.25, -0.2) is 8.42 Å². The highest BCUT2D eigenvalue weighted by molar-refractivity contribution is 7.91. The molecule has 0 radical (unpaired) electrons. The van der Waals surface area contributed by atoms with Crippen LogP contribution in [0.2, 0.25) is 0 Å². The number of aliphatic hydroxyl groups excluding tert-OH is 1. The van der Waals surface area contributed by atoms with Gasteiger partial charge < -0.3 is 15.7 Å². The van der Waals surface area contributed by atoms with Crippen molar-refractivity contribution >= 4 is 38.9 Å². The molecule has 2 amide bonds. The molecule has 0 saturated carbocycles. The summed E-state index contributed by atoms with van der Waals surface area (Å²) >= 11 is 1.12. The number of benzene rings is 1. The fourth-order valence-corrected chi connectivity index (χ4v) is 5.83. The summed E-state index contributed by atoms with van der Waals surface area (Å²) in [6.45, 7) is 0.257. The summed E-state index contributed by atoms with van der Waals surface area (Å²) in [4.78, 5) is 24.7. The number of hydrogen-bond acceptors (Lipinski definition) is 6. The minimum atomic E-state index is -3.71. The van der Waals surface area contributed by atoms with Gasteiger partial charge in [-0.2, -0.15) is 4.31 Å². The van der Waals surface area contributed by atoms with Gasteiger partial charge in [0, 0.05) is 24.3 Å². The zero-order chi connectivity index (χ0) is 20.1. The molecule has 2 heterocycles. The summed E-state index contributed by atoms with van der Waals surface area (Å²) in [5.74, 6) is -0.793. The van der Waals surface area contributed by atoms with Gasteiger partial charge in [0.25, 0.3) is 15.9 Å². The van der Waals surface area contributed by atoms with Gasteiger partial charge in [-0.15, -0.1) is 11.3 Å². The smallest absolute Gasteiger partial charge is 0.253 e. The van der Waals surface area contributed by atoms with Crippen molar-refractivity contribution in [3.8, 4) is 0 Å². The first-order valence-electron chi connectivity index (χ1n) is 8.79. The molecular formula is C18H21N3O5S2. The predicted octanol–water partition coefficient (Wildman–Crippen LogP) is 1.26. The topological polar surface area (TPSA) is 116 Å². The number of carbonyl (C=O) groups excluding carboxylic acids is 2. The molecule has 3 rings (SSSR count). The van der Waals surface area contributed by atoms with E-state index in [4.69, 9.17) is 5.11 Å². The molecule has 1 saturated heterocycles. The van der Waals surface area contributed by atoms with E-state index in [0.717, 1.165) is 11.3 Å². The van der Waals surface area contributed by atoms with Crippen molar-refractivity contribution in [1.82, 2.24) is 9.62 Å². The lowest BCUT2D eigenvalue weighted by Gasteiger charge is -2.22. The van der Waals surface area contributed by atoms with Gasteiger partial charge in [0.2, 0.25) is 5.91 Å². The molecule has 0 unspecified atom stereocenters. The number of nitrogens with zero attached hydrogens (tertiary/aromatic N) is 1. The second-order valence-electron chi connectivity index (χ2n) is 6.26. The molecule has 1 aliphatic rings. The summed E-state index contributed by atoms with van der Waals surface area (Å²) in [6, 6.07) is 8.76. The van der Waals surface area contributed by atoms with Gasteiger partial charge in [-0.1, -0.05) is 12.1 Å². The van der Waals surface area contributed by atoms with Gasteiger partial charge in [-0.05, 0) is 42.5 Å². The van der Waals surface area contributed by atoms with E-state index in [1.54, 1.807) is 29.6 Å². The first-order valence-corrected chi connectivity index (χ1v) is 11.1. The average Bonchev–Trinajstić information content (AvgIpc) is 3.38. The Kier molecular flexibility index (Phi) is 6.45. The Morgan fingerprint density at radius 3 is 2.79 bits per heavy atom. The second kappa shape index (κ2) is 8.82. The Bertz CT molecular complexity index is 944. The zero-order valence-corrected chi connectivity index (χ0v) is 16.6. The van der Waals surface area contributed by atoms with E-state index in [1.807, 2.05) is 0 Å². The maximum atomic E-state index is 12.8. The molecule has 0 spiro atoms. The van der Waals surface area contributed by atoms with Crippen molar-refractivity contribution in [3.63, 3.8) is 0 Å². The Hall–Kier alpha value is -2.27. The lowest BCUT2D eigenvalue weighted by atomic mass is 10.1. The molecule has 150 valence electrons. The molecule has 28 heavy (non-hydrogen) atoms. The quantitative estimate of drug-likeness (QED) is 0.620. The minimum absolute atomic E-state index is 0.132. The van der Waals surface area contributed by atoms with Crippen LogP contribution in [0, 0.1) is 0 Å². The van der Waals surface area contributed by atoms with Crippen molar-refractivity contribution in [2.75, 3.05) is 25.0 Å². The molecule has 8 nitrogen and oxygen atoms in total. The Morgan fingerprint density at radius 2 is 2.07 bits per heavy atom. The van der Waals surface area contributed by atoms with Crippen molar-refractivity contribution in [2.45, 2.75) is 23.1 Å². The molecule has 1 aromatic carbocycles. The largest absolute Gasteiger partial charge is 0.395 e. The van der Waals surface area contributed by atoms with E-state index in [-0.39, 0.29) is 23.3 Å². The van der Waals surface area contributed by atoms with Crippen LogP contribution in [-0.4, -0.2) is 55.4 Å². The van der Waals surface area contributed by atoms with Crippen LogP contribution in [0.5, 0.6) is 0 Å². The number of nitrogens with one attached hydrogen (secondary N) is 2. The van der Waals surface area contributed by atoms with Crippen LogP contribution in [0.1, 0.15) is 23.2 Å². The second-order valence-corrected chi connectivity index (χ2v) is 9.32. The van der Waals surface area contributed by atoms with Gasteiger partial charge >= 0.3 is 0 Å². The lowest BCUT2D eigenvalue weighted by Crippen LogP contribution is -2.42. The van der Waals surface area contributed by atoms with Crippen LogP contribution in [0.3, 0.4) is 0 Å². The third-order valence-electron chi connectivity index (χ3n) is 4.35. The number of amides is 2. The first-order chi connectivity index (χ1) is 13.4. The van der Waals surface area contributed by atoms with E-state index in [9.17, 15) is 18.0 Å². The number of sulfonamides is 1. The molecular weight excluding hydrogens is 402 g/mol. The fraction of sp³-hybridized carbons (Fsp3) is 0.333. The first kappa shape index (κ1) is 20.5. The summed E-state index contributed by atoms with van der Waals surface area (Å²) in [7, 11) is -3.71. The van der Waals surface area contributed by atoms with E-state index < -0.39 is 22.0 Å². The summed E-state index contributed by atoms with van der Waals surface area (Å²) < 4.78 is 27.0. The van der Waals surface area contributed by atoms with Crippen LogP contribution in [0.4, 0.5) is 5.69 Å². The van der Waals surface area contributed by atoms with Crippen LogP contribution < -0.4 is 10.6 Å². The highest BCUT2D eigenvalue weighted by Gasteiger charge is 2.39. The molecule has 0 aliphatic carbocycles. The summed E-state index contributed by atoms with van der Waals surface area (Å²) in [5.41, 5.74) is 0.739. The highest BCUT2D eigenvalue weighted by atomic mass is 32.2. The Morgan fingerprint density at radius 1 is 1.25 bits per heavy atom. The van der Waals surface area contributed by atoms with Gasteiger partial charge in [-0.3, -0.25) is 9.59 Å². The number of anilines is 1. The lowest BCUT2D eigenvalue weighted by molar-refractivity contribution is -0.119. The van der Waals surface area contributed by atoms with Crippen molar-refractivity contribution in [2.24, 2.45) is 0 Å². The van der Waals surface area contributed by atoms with Crippen molar-refractivity contribution in [1.29, 1.82) is 0 Å². The standard InChI is InChI=1S/C18H21N3O5S2/c22-10-8-19-17(23)13-4-1-5-14(12-13)20-18(24)15-6-2-9-21(15)28(25,26)16-7-3-11-27-16/h1,3-5,7,11-12,15,22H,2,6,8-10H2,(H,19,23)(H,20,24)/t15-/m0/s1. The van der Waals surface area contributed by atoms with Gasteiger partial charge in [0.1, 0.15) is 10.3 Å². The van der Waals surface area contributed by atoms with E-state index in [0.29, 0.717) is 30.6 Å². The molecule has 1 aliphatic heterocycles. The third-order valence-corrected chi connectivity index (χ3v) is 7.64. The number of aliphatic hydroxyl groups is 1. The van der Waals surface area contributed by atoms with E-state index in [1.165, 1.54) is 16.4 Å². The van der Waals surface area contributed by atoms with Crippen molar-refractivity contribution in [3.05, 3.63) is 47.3 Å². The minimum Gasteiger partial charge on any atom is -0.395 e. The fourth-order valence-electron chi connectivity index (χ4n) is 3.05. The normalized spacial score (nSPS) is 17.4. The molecule has 2 aromatic rings. The van der Waals surface area contributed by atoms with Crippen LogP contribution in [0.25, 0.3) is 0 Å². The molecule has 10 heteroatoms. The van der Waals surface area contributed by atoms with E-state index in [2.05, 4.69) is 10.6 Å². The molecule has 1 aromatic heterocycles. The number of hydrogen-bond donors (Lipinski definition) is 3. The maximum Gasteiger partial charge on any atom is 0.253 e. The summed E-state index contributed by atoms with van der Waals surface area (Å²) in [5, 5.41) is 15.7. The van der Waals surface area contributed by atoms with Crippen LogP contribution >= 0.6 is 11.3 Å². The highest BCUT2D eigenvalue weighted by Crippen LogP contribution is 2.29. The van der Waals surface area contributed by atoms with Gasteiger partial charge in [0.05, 0.1) is 6.61 Å².